The minimum atomic E-state index is 0.866. The Kier molecular flexibility index (Phi) is 2.85. The molecule has 0 aliphatic rings. The number of alkyl halides is 1. The quantitative estimate of drug-likeness (QED) is 0.611. The van der Waals surface area contributed by atoms with Gasteiger partial charge in [0.15, 0.2) is 0 Å². The zero-order valence-electron chi connectivity index (χ0n) is 7.55. The molecule has 0 unspecified atom stereocenters. The van der Waals surface area contributed by atoms with Crippen molar-refractivity contribution in [2.45, 2.75) is 6.42 Å². The fraction of sp³-hybridized carbons (Fsp3) is 0.182. The number of halogens is 1. The van der Waals surface area contributed by atoms with Crippen molar-refractivity contribution < 1.29 is 0 Å². The summed E-state index contributed by atoms with van der Waals surface area (Å²) in [5.41, 5.74) is 2.04. The van der Waals surface area contributed by atoms with Crippen LogP contribution in [0.4, 0.5) is 0 Å². The topological polar surface area (TPSA) is 28.7 Å². The maximum absolute atomic E-state index is 3.99. The Bertz CT molecular complexity index is 490. The Morgan fingerprint density at radius 1 is 1.43 bits per heavy atom. The van der Waals surface area contributed by atoms with Crippen LogP contribution >= 0.6 is 15.9 Å². The van der Waals surface area contributed by atoms with Crippen LogP contribution < -0.4 is 0 Å². The van der Waals surface area contributed by atoms with Crippen molar-refractivity contribution in [3.8, 4) is 11.8 Å². The van der Waals surface area contributed by atoms with Crippen molar-refractivity contribution >= 4 is 26.8 Å². The first kappa shape index (κ1) is 9.29. The van der Waals surface area contributed by atoms with E-state index in [1.54, 1.807) is 0 Å². The fourth-order valence-electron chi connectivity index (χ4n) is 1.28. The second kappa shape index (κ2) is 4.30. The Morgan fingerprint density at radius 2 is 2.36 bits per heavy atom. The first-order valence-corrected chi connectivity index (χ1v) is 5.51. The third-order valence-electron chi connectivity index (χ3n) is 1.92. The van der Waals surface area contributed by atoms with E-state index in [0.717, 1.165) is 28.2 Å². The lowest BCUT2D eigenvalue weighted by Crippen LogP contribution is -1.78. The lowest BCUT2D eigenvalue weighted by molar-refractivity contribution is 1.12. The van der Waals surface area contributed by atoms with Gasteiger partial charge in [0.2, 0.25) is 0 Å². The maximum Gasteiger partial charge on any atom is 0.0806 e. The maximum atomic E-state index is 3.99. The molecule has 0 saturated carbocycles. The Morgan fingerprint density at radius 3 is 3.21 bits per heavy atom. The van der Waals surface area contributed by atoms with Gasteiger partial charge in [-0.2, -0.15) is 5.10 Å². The molecule has 0 amide bonds. The molecule has 1 N–H and O–H groups in total. The van der Waals surface area contributed by atoms with Crippen molar-refractivity contribution in [3.05, 3.63) is 30.0 Å². The highest BCUT2D eigenvalue weighted by atomic mass is 79.9. The van der Waals surface area contributed by atoms with Gasteiger partial charge < -0.3 is 0 Å². The predicted octanol–water partition coefficient (Wildman–Crippen LogP) is 2.70. The van der Waals surface area contributed by atoms with Crippen LogP contribution in [0.15, 0.2) is 24.4 Å². The number of hydrogen-bond donors (Lipinski definition) is 1. The molecule has 70 valence electrons. The molecule has 2 rings (SSSR count). The summed E-state index contributed by atoms with van der Waals surface area (Å²) < 4.78 is 0. The van der Waals surface area contributed by atoms with Crippen molar-refractivity contribution in [3.63, 3.8) is 0 Å². The number of nitrogens with one attached hydrogen (secondary N) is 1. The van der Waals surface area contributed by atoms with Crippen LogP contribution in [0, 0.1) is 11.8 Å². The van der Waals surface area contributed by atoms with E-state index in [9.17, 15) is 0 Å². The Labute approximate surface area is 90.8 Å². The normalized spacial score (nSPS) is 9.79. The zero-order valence-corrected chi connectivity index (χ0v) is 9.13. The summed E-state index contributed by atoms with van der Waals surface area (Å²) in [4.78, 5) is 0. The molecule has 0 spiro atoms. The molecule has 0 aliphatic heterocycles. The van der Waals surface area contributed by atoms with Crippen LogP contribution in [0.2, 0.25) is 0 Å². The number of aromatic nitrogens is 2. The van der Waals surface area contributed by atoms with Crippen LogP contribution in [0.25, 0.3) is 10.9 Å². The van der Waals surface area contributed by atoms with Gasteiger partial charge >= 0.3 is 0 Å². The number of aromatic amines is 1. The summed E-state index contributed by atoms with van der Waals surface area (Å²) in [6.45, 7) is 0. The van der Waals surface area contributed by atoms with Crippen molar-refractivity contribution in [2.75, 3.05) is 5.33 Å². The van der Waals surface area contributed by atoms with Crippen LogP contribution in [0.3, 0.4) is 0 Å². The van der Waals surface area contributed by atoms with Gasteiger partial charge in [0.25, 0.3) is 0 Å². The summed E-state index contributed by atoms with van der Waals surface area (Å²) >= 11 is 3.34. The third-order valence-corrected chi connectivity index (χ3v) is 2.32. The molecular formula is C11H9BrN2. The van der Waals surface area contributed by atoms with Gasteiger partial charge in [-0.1, -0.05) is 39.9 Å². The van der Waals surface area contributed by atoms with Crippen LogP contribution in [0.5, 0.6) is 0 Å². The molecular weight excluding hydrogens is 240 g/mol. The average Bonchev–Trinajstić information content (AvgIpc) is 2.67. The number of rotatable bonds is 1. The van der Waals surface area contributed by atoms with E-state index in [1.165, 1.54) is 0 Å². The molecule has 1 aromatic heterocycles. The number of H-pyrrole nitrogens is 1. The Balaban J connectivity index is 2.43. The molecule has 1 heterocycles. The van der Waals surface area contributed by atoms with E-state index in [-0.39, 0.29) is 0 Å². The van der Waals surface area contributed by atoms with E-state index < -0.39 is 0 Å². The molecule has 1 aromatic carbocycles. The van der Waals surface area contributed by atoms with Gasteiger partial charge in [-0.25, -0.2) is 0 Å². The van der Waals surface area contributed by atoms with E-state index in [2.05, 4.69) is 38.0 Å². The summed E-state index contributed by atoms with van der Waals surface area (Å²) in [5, 5.41) is 8.96. The monoisotopic (exact) mass is 248 g/mol. The summed E-state index contributed by atoms with van der Waals surface area (Å²) in [5.74, 6) is 6.21. The lowest BCUT2D eigenvalue weighted by Gasteiger charge is -1.91. The SMILES string of the molecule is BrCCC#Cc1cccc2cn[nH]c12. The van der Waals surface area contributed by atoms with Crippen LogP contribution in [0.1, 0.15) is 12.0 Å². The number of hydrogen-bond acceptors (Lipinski definition) is 1. The zero-order chi connectivity index (χ0) is 9.80. The number of nitrogens with zero attached hydrogens (tertiary/aromatic N) is 1. The minimum Gasteiger partial charge on any atom is -0.277 e. The van der Waals surface area contributed by atoms with Crippen LogP contribution in [-0.4, -0.2) is 15.5 Å². The summed E-state index contributed by atoms with van der Waals surface area (Å²) in [6, 6.07) is 6.02. The Hall–Kier alpha value is -1.27. The van der Waals surface area contributed by atoms with Crippen LogP contribution in [-0.2, 0) is 0 Å². The highest BCUT2D eigenvalue weighted by Crippen LogP contribution is 2.14. The van der Waals surface area contributed by atoms with Gasteiger partial charge in [0, 0.05) is 17.1 Å². The molecule has 2 nitrogen and oxygen atoms in total. The van der Waals surface area contributed by atoms with E-state index >= 15 is 0 Å². The van der Waals surface area contributed by atoms with Crippen molar-refractivity contribution in [1.29, 1.82) is 0 Å². The van der Waals surface area contributed by atoms with E-state index in [4.69, 9.17) is 0 Å². The van der Waals surface area contributed by atoms with Gasteiger partial charge in [0.1, 0.15) is 0 Å². The molecule has 0 atom stereocenters. The second-order valence-electron chi connectivity index (χ2n) is 2.88. The summed E-state index contributed by atoms with van der Waals surface area (Å²) in [7, 11) is 0. The molecule has 0 bridgehead atoms. The molecule has 0 saturated heterocycles. The fourth-order valence-corrected chi connectivity index (χ4v) is 1.48. The van der Waals surface area contributed by atoms with Gasteiger partial charge in [0.05, 0.1) is 17.3 Å². The third kappa shape index (κ3) is 1.80. The molecule has 0 radical (unpaired) electrons. The van der Waals surface area contributed by atoms with Gasteiger partial charge in [-0.05, 0) is 6.07 Å². The van der Waals surface area contributed by atoms with Crippen molar-refractivity contribution in [2.24, 2.45) is 0 Å². The predicted molar refractivity (Wildman–Crippen MR) is 61.4 cm³/mol. The van der Waals surface area contributed by atoms with Crippen molar-refractivity contribution in [1.82, 2.24) is 10.2 Å². The molecule has 0 aliphatic carbocycles. The number of benzene rings is 1. The highest BCUT2D eigenvalue weighted by molar-refractivity contribution is 9.09. The molecule has 0 fully saturated rings. The second-order valence-corrected chi connectivity index (χ2v) is 3.67. The number of fused-ring (bicyclic) bond motifs is 1. The lowest BCUT2D eigenvalue weighted by atomic mass is 10.1. The number of para-hydroxylation sites is 1. The van der Waals surface area contributed by atoms with E-state index in [0.29, 0.717) is 0 Å². The molecule has 2 aromatic rings. The smallest absolute Gasteiger partial charge is 0.0806 e. The standard InChI is InChI=1S/C11H9BrN2/c12-7-2-1-4-9-5-3-6-10-8-13-14-11(9)10/h3,5-6,8H,2,7H2,(H,13,14). The van der Waals surface area contributed by atoms with Gasteiger partial charge in [-0.15, -0.1) is 0 Å². The first-order chi connectivity index (χ1) is 6.92. The highest BCUT2D eigenvalue weighted by Gasteiger charge is 1.98. The molecule has 14 heavy (non-hydrogen) atoms. The first-order valence-electron chi connectivity index (χ1n) is 4.39. The minimum absolute atomic E-state index is 0.866. The largest absolute Gasteiger partial charge is 0.277 e. The van der Waals surface area contributed by atoms with Gasteiger partial charge in [-0.3, -0.25) is 5.10 Å². The van der Waals surface area contributed by atoms with E-state index in [1.807, 2.05) is 24.4 Å². The average molecular weight is 249 g/mol. The molecule has 3 heteroatoms. The summed E-state index contributed by atoms with van der Waals surface area (Å²) in [6.07, 6.45) is 2.68.